The molecule has 0 amide bonds. The second kappa shape index (κ2) is 6.79. The summed E-state index contributed by atoms with van der Waals surface area (Å²) in [6.45, 7) is 9.10. The number of hydrogen-bond acceptors (Lipinski definition) is 4. The molecule has 1 saturated heterocycles. The Hall–Kier alpha value is -0.745. The average molecular weight is 319 g/mol. The fraction of sp³-hybridized carbons (Fsp3) is 0.529. The highest BCUT2D eigenvalue weighted by Crippen LogP contribution is 2.39. The third-order valence-electron chi connectivity index (χ3n) is 4.50. The van der Waals surface area contributed by atoms with E-state index < -0.39 is 0 Å². The molecule has 1 fully saturated rings. The summed E-state index contributed by atoms with van der Waals surface area (Å²) in [5.41, 5.74) is 2.82. The molecule has 1 N–H and O–H groups in total. The van der Waals surface area contributed by atoms with Crippen LogP contribution in [0.3, 0.4) is 0 Å². The van der Waals surface area contributed by atoms with Crippen molar-refractivity contribution in [2.45, 2.75) is 45.4 Å². The first-order chi connectivity index (χ1) is 10.3. The summed E-state index contributed by atoms with van der Waals surface area (Å²) < 4.78 is 12.3. The lowest BCUT2D eigenvalue weighted by Gasteiger charge is -2.32. The van der Waals surface area contributed by atoms with Gasteiger partial charge in [-0.05, 0) is 51.3 Å². The van der Waals surface area contributed by atoms with E-state index in [1.807, 2.05) is 13.1 Å². The van der Waals surface area contributed by atoms with E-state index in [9.17, 15) is 0 Å². The molecule has 0 atom stereocenters. The van der Waals surface area contributed by atoms with E-state index in [0.717, 1.165) is 12.0 Å². The van der Waals surface area contributed by atoms with Gasteiger partial charge in [-0.2, -0.15) is 12.6 Å². The lowest BCUT2D eigenvalue weighted by Crippen LogP contribution is -2.41. The lowest BCUT2D eigenvalue weighted by molar-refractivity contribution is 0.00578. The first kappa shape index (κ1) is 17.6. The highest BCUT2D eigenvalue weighted by atomic mass is 32.1. The van der Waals surface area contributed by atoms with Crippen molar-refractivity contribution in [3.05, 3.63) is 40.9 Å². The van der Waals surface area contributed by atoms with Crippen LogP contribution in [0.2, 0.25) is 0 Å². The van der Waals surface area contributed by atoms with Gasteiger partial charge in [0.05, 0.1) is 11.2 Å². The zero-order valence-electron chi connectivity index (χ0n) is 14.1. The molecule has 0 spiro atoms. The van der Waals surface area contributed by atoms with Crippen LogP contribution in [0.15, 0.2) is 29.7 Å². The molecule has 22 heavy (non-hydrogen) atoms. The Balaban J connectivity index is 2.30. The second-order valence-electron chi connectivity index (χ2n) is 6.69. The molecule has 0 bridgehead atoms. The summed E-state index contributed by atoms with van der Waals surface area (Å²) in [7, 11) is 1.61. The van der Waals surface area contributed by atoms with Crippen molar-refractivity contribution < 1.29 is 9.31 Å². The summed E-state index contributed by atoms with van der Waals surface area (Å²) in [4.78, 5) is 0. The Morgan fingerprint density at radius 3 is 2.32 bits per heavy atom. The van der Waals surface area contributed by atoms with Crippen LogP contribution in [0.5, 0.6) is 0 Å². The van der Waals surface area contributed by atoms with E-state index in [4.69, 9.17) is 9.31 Å². The molecule has 3 nitrogen and oxygen atoms in total. The monoisotopic (exact) mass is 319 g/mol. The van der Waals surface area contributed by atoms with Gasteiger partial charge < -0.3 is 14.6 Å². The number of hydrogen-bond donors (Lipinski definition) is 2. The van der Waals surface area contributed by atoms with Crippen LogP contribution < -0.4 is 5.32 Å². The predicted octanol–water partition coefficient (Wildman–Crippen LogP) is 3.35. The molecule has 1 aromatic rings. The van der Waals surface area contributed by atoms with E-state index in [1.165, 1.54) is 11.1 Å². The van der Waals surface area contributed by atoms with Crippen LogP contribution in [0.4, 0.5) is 0 Å². The van der Waals surface area contributed by atoms with Crippen molar-refractivity contribution in [1.29, 1.82) is 0 Å². The molecule has 0 saturated carbocycles. The standard InChI is InChI=1S/C17H26BNO2S/c1-16(2)17(3,4)21-18(20-16)15(12-22)10-13-8-6-7-9-14(13)11-19-5/h6-10,19,22H,11-12H2,1-5H3. The van der Waals surface area contributed by atoms with Crippen LogP contribution in [0, 0.1) is 0 Å². The van der Waals surface area contributed by atoms with Gasteiger partial charge >= 0.3 is 7.12 Å². The zero-order valence-corrected chi connectivity index (χ0v) is 15.0. The van der Waals surface area contributed by atoms with E-state index in [2.05, 4.69) is 69.9 Å². The van der Waals surface area contributed by atoms with Crippen LogP contribution in [0.1, 0.15) is 38.8 Å². The van der Waals surface area contributed by atoms with Crippen LogP contribution in [-0.4, -0.2) is 31.1 Å². The number of benzene rings is 1. The molecule has 1 aliphatic heterocycles. The Kier molecular flexibility index (Phi) is 5.43. The first-order valence-corrected chi connectivity index (χ1v) is 8.33. The molecule has 1 heterocycles. The van der Waals surface area contributed by atoms with E-state index in [-0.39, 0.29) is 18.3 Å². The molecule has 0 aliphatic carbocycles. The molecule has 120 valence electrons. The van der Waals surface area contributed by atoms with Gasteiger partial charge in [0.2, 0.25) is 0 Å². The fourth-order valence-corrected chi connectivity index (χ4v) is 2.65. The van der Waals surface area contributed by atoms with E-state index in [1.54, 1.807) is 0 Å². The van der Waals surface area contributed by atoms with Crippen molar-refractivity contribution in [3.63, 3.8) is 0 Å². The number of rotatable bonds is 5. The lowest BCUT2D eigenvalue weighted by atomic mass is 9.78. The Labute approximate surface area is 140 Å². The summed E-state index contributed by atoms with van der Waals surface area (Å²) in [6.07, 6.45) is 2.14. The zero-order chi connectivity index (χ0) is 16.4. The summed E-state index contributed by atoms with van der Waals surface area (Å²) in [5.74, 6) is 0.602. The molecule has 2 rings (SSSR count). The van der Waals surface area contributed by atoms with Crippen LogP contribution in [0.25, 0.3) is 6.08 Å². The minimum absolute atomic E-state index is 0.329. The Morgan fingerprint density at radius 1 is 1.18 bits per heavy atom. The molecule has 0 aromatic heterocycles. The Morgan fingerprint density at radius 2 is 1.77 bits per heavy atom. The highest BCUT2D eigenvalue weighted by Gasteiger charge is 2.52. The minimum atomic E-state index is -0.342. The summed E-state index contributed by atoms with van der Waals surface area (Å²) >= 11 is 4.48. The van der Waals surface area contributed by atoms with E-state index in [0.29, 0.717) is 5.75 Å². The maximum Gasteiger partial charge on any atom is 0.491 e. The normalized spacial score (nSPS) is 20.5. The second-order valence-corrected chi connectivity index (χ2v) is 7.01. The quantitative estimate of drug-likeness (QED) is 0.644. The van der Waals surface area contributed by atoms with Crippen molar-refractivity contribution in [2.75, 3.05) is 12.8 Å². The Bertz CT molecular complexity index is 541. The molecule has 5 heteroatoms. The minimum Gasteiger partial charge on any atom is -0.400 e. The molecule has 1 aromatic carbocycles. The SMILES string of the molecule is CNCc1ccccc1C=C(CS)B1OC(C)(C)C(C)(C)O1. The van der Waals surface area contributed by atoms with Gasteiger partial charge in [0.1, 0.15) is 0 Å². The van der Waals surface area contributed by atoms with Gasteiger partial charge in [0, 0.05) is 12.3 Å². The first-order valence-electron chi connectivity index (χ1n) is 7.70. The molecule has 0 unspecified atom stereocenters. The molecule has 0 radical (unpaired) electrons. The molecule has 1 aliphatic rings. The smallest absolute Gasteiger partial charge is 0.400 e. The van der Waals surface area contributed by atoms with Crippen molar-refractivity contribution in [2.24, 2.45) is 0 Å². The number of nitrogens with one attached hydrogen (secondary N) is 1. The van der Waals surface area contributed by atoms with Crippen molar-refractivity contribution in [3.8, 4) is 0 Å². The van der Waals surface area contributed by atoms with Gasteiger partial charge in [0.25, 0.3) is 0 Å². The van der Waals surface area contributed by atoms with Crippen molar-refractivity contribution in [1.82, 2.24) is 5.32 Å². The fourth-order valence-electron chi connectivity index (χ4n) is 2.41. The number of thiol groups is 1. The van der Waals surface area contributed by atoms with Gasteiger partial charge in [-0.15, -0.1) is 0 Å². The van der Waals surface area contributed by atoms with Gasteiger partial charge in [0.15, 0.2) is 0 Å². The van der Waals surface area contributed by atoms with Crippen LogP contribution in [-0.2, 0) is 15.9 Å². The van der Waals surface area contributed by atoms with Crippen molar-refractivity contribution >= 4 is 25.8 Å². The highest BCUT2D eigenvalue weighted by molar-refractivity contribution is 7.80. The van der Waals surface area contributed by atoms with Crippen LogP contribution >= 0.6 is 12.6 Å². The van der Waals surface area contributed by atoms with Gasteiger partial charge in [-0.25, -0.2) is 0 Å². The summed E-state index contributed by atoms with van der Waals surface area (Å²) in [5, 5.41) is 3.20. The topological polar surface area (TPSA) is 30.5 Å². The third kappa shape index (κ3) is 3.59. The van der Waals surface area contributed by atoms with Gasteiger partial charge in [-0.1, -0.05) is 30.3 Å². The van der Waals surface area contributed by atoms with Gasteiger partial charge in [-0.3, -0.25) is 0 Å². The van der Waals surface area contributed by atoms with E-state index >= 15 is 0 Å². The third-order valence-corrected chi connectivity index (χ3v) is 4.87. The molecular formula is C17H26BNO2S. The average Bonchev–Trinajstić information content (AvgIpc) is 2.66. The maximum atomic E-state index is 6.13. The summed E-state index contributed by atoms with van der Waals surface area (Å²) in [6, 6.07) is 8.34. The molecular weight excluding hydrogens is 293 g/mol. The largest absolute Gasteiger partial charge is 0.491 e. The maximum absolute atomic E-state index is 6.13. The predicted molar refractivity (Wildman–Crippen MR) is 97.1 cm³/mol.